The van der Waals surface area contributed by atoms with Crippen molar-refractivity contribution in [2.75, 3.05) is 7.05 Å². The lowest BCUT2D eigenvalue weighted by molar-refractivity contribution is 0.313. The molecule has 1 aromatic rings. The van der Waals surface area contributed by atoms with Gasteiger partial charge in [0.25, 0.3) is 0 Å². The van der Waals surface area contributed by atoms with E-state index in [9.17, 15) is 8.42 Å². The number of aryl methyl sites for hydroxylation is 2. The lowest BCUT2D eigenvalue weighted by Gasteiger charge is -2.23. The molecule has 0 aliphatic rings. The van der Waals surface area contributed by atoms with Crippen molar-refractivity contribution in [1.29, 1.82) is 0 Å². The van der Waals surface area contributed by atoms with Gasteiger partial charge in [-0.05, 0) is 20.8 Å². The summed E-state index contributed by atoms with van der Waals surface area (Å²) in [5.41, 5.74) is 5.69. The first-order valence-corrected chi connectivity index (χ1v) is 7.03. The molecule has 0 saturated carbocycles. The third kappa shape index (κ3) is 3.04. The van der Waals surface area contributed by atoms with Gasteiger partial charge < -0.3 is 15.5 Å². The number of oxime groups is 1. The van der Waals surface area contributed by atoms with Crippen molar-refractivity contribution < 1.29 is 18.1 Å². The van der Waals surface area contributed by atoms with Gasteiger partial charge in [0.15, 0.2) is 5.76 Å². The number of nitrogens with two attached hydrogens (primary N) is 1. The molecule has 1 aromatic heterocycles. The van der Waals surface area contributed by atoms with Crippen LogP contribution in [-0.4, -0.2) is 42.0 Å². The summed E-state index contributed by atoms with van der Waals surface area (Å²) in [7, 11) is -2.30. The van der Waals surface area contributed by atoms with Gasteiger partial charge in [0.05, 0.1) is 0 Å². The minimum atomic E-state index is -3.73. The Morgan fingerprint density at radius 3 is 2.58 bits per heavy atom. The van der Waals surface area contributed by atoms with Gasteiger partial charge in [-0.15, -0.1) is 0 Å². The molecule has 0 fully saturated rings. The molecule has 1 heterocycles. The van der Waals surface area contributed by atoms with Crippen molar-refractivity contribution in [1.82, 2.24) is 9.46 Å². The van der Waals surface area contributed by atoms with E-state index in [2.05, 4.69) is 10.3 Å². The zero-order chi connectivity index (χ0) is 14.8. The van der Waals surface area contributed by atoms with Crippen LogP contribution < -0.4 is 5.73 Å². The van der Waals surface area contributed by atoms with Gasteiger partial charge in [0.1, 0.15) is 16.4 Å². The second-order valence-electron chi connectivity index (χ2n) is 4.32. The number of amidine groups is 1. The van der Waals surface area contributed by atoms with Crippen molar-refractivity contribution in [2.45, 2.75) is 38.1 Å². The normalized spacial score (nSPS) is 14.9. The smallest absolute Gasteiger partial charge is 0.248 e. The molecule has 0 aliphatic heterocycles. The van der Waals surface area contributed by atoms with Crippen LogP contribution in [0.25, 0.3) is 0 Å². The average Bonchev–Trinajstić information content (AvgIpc) is 2.68. The molecule has 0 aromatic carbocycles. The summed E-state index contributed by atoms with van der Waals surface area (Å²) < 4.78 is 30.9. The van der Waals surface area contributed by atoms with E-state index in [1.54, 1.807) is 13.8 Å². The number of aromatic nitrogens is 1. The Labute approximate surface area is 111 Å². The fraction of sp³-hybridized carbons (Fsp3) is 0.600. The molecule has 0 saturated heterocycles. The van der Waals surface area contributed by atoms with Crippen LogP contribution in [0.4, 0.5) is 0 Å². The van der Waals surface area contributed by atoms with E-state index in [4.69, 9.17) is 15.5 Å². The number of sulfonamides is 1. The van der Waals surface area contributed by atoms with Gasteiger partial charge >= 0.3 is 0 Å². The molecular weight excluding hydrogens is 272 g/mol. The third-order valence-corrected chi connectivity index (χ3v) is 5.08. The van der Waals surface area contributed by atoms with Gasteiger partial charge in [0, 0.05) is 19.5 Å². The highest BCUT2D eigenvalue weighted by molar-refractivity contribution is 7.89. The quantitative estimate of drug-likeness (QED) is 0.351. The minimum absolute atomic E-state index is 0.0340. The summed E-state index contributed by atoms with van der Waals surface area (Å²) in [6, 6.07) is -0.463. The van der Waals surface area contributed by atoms with Crippen molar-refractivity contribution in [3.8, 4) is 0 Å². The molecule has 3 N–H and O–H groups in total. The second kappa shape index (κ2) is 5.57. The number of hydrogen-bond acceptors (Lipinski definition) is 6. The molecule has 0 amide bonds. The van der Waals surface area contributed by atoms with Crippen LogP contribution in [0.3, 0.4) is 0 Å². The fourth-order valence-electron chi connectivity index (χ4n) is 1.70. The fourth-order valence-corrected chi connectivity index (χ4v) is 3.34. The monoisotopic (exact) mass is 290 g/mol. The molecule has 9 heteroatoms. The van der Waals surface area contributed by atoms with Gasteiger partial charge in [0.2, 0.25) is 10.0 Å². The lowest BCUT2D eigenvalue weighted by atomic mass is 10.2. The van der Waals surface area contributed by atoms with Crippen LogP contribution >= 0.6 is 0 Å². The first-order valence-electron chi connectivity index (χ1n) is 5.59. The molecule has 1 rings (SSSR count). The topological polar surface area (TPSA) is 122 Å². The van der Waals surface area contributed by atoms with Crippen LogP contribution in [0.2, 0.25) is 0 Å². The van der Waals surface area contributed by atoms with E-state index in [1.807, 2.05) is 0 Å². The molecule has 0 aliphatic carbocycles. The number of nitrogens with zero attached hydrogens (tertiary/aromatic N) is 3. The first-order chi connectivity index (χ1) is 8.71. The van der Waals surface area contributed by atoms with Crippen molar-refractivity contribution >= 4 is 15.9 Å². The predicted octanol–water partition coefficient (Wildman–Crippen LogP) is 0.437. The highest BCUT2D eigenvalue weighted by Crippen LogP contribution is 2.24. The van der Waals surface area contributed by atoms with Gasteiger partial charge in [-0.2, -0.15) is 4.31 Å². The molecule has 1 unspecified atom stereocenters. The first kappa shape index (κ1) is 15.4. The maximum Gasteiger partial charge on any atom is 0.248 e. The van der Waals surface area contributed by atoms with Crippen LogP contribution in [0.15, 0.2) is 14.6 Å². The maximum absolute atomic E-state index is 12.4. The van der Waals surface area contributed by atoms with Crippen molar-refractivity contribution in [3.05, 3.63) is 11.5 Å². The summed E-state index contributed by atoms with van der Waals surface area (Å²) in [4.78, 5) is 0.0568. The molecular formula is C10H18N4O4S. The largest absolute Gasteiger partial charge is 0.409 e. The standard InChI is InChI=1S/C10H18N4O4S/c1-6(5-9(11)12-15)14(4)19(16,17)10-7(2)13-18-8(10)3/h6,15H,5H2,1-4H3,(H2,11,12). The van der Waals surface area contributed by atoms with E-state index in [0.717, 1.165) is 4.31 Å². The van der Waals surface area contributed by atoms with Gasteiger partial charge in [-0.3, -0.25) is 0 Å². The molecule has 19 heavy (non-hydrogen) atoms. The second-order valence-corrected chi connectivity index (χ2v) is 6.25. The Hall–Kier alpha value is -1.61. The van der Waals surface area contributed by atoms with Crippen LogP contribution in [-0.2, 0) is 10.0 Å². The van der Waals surface area contributed by atoms with Crippen molar-refractivity contribution in [2.24, 2.45) is 10.9 Å². The molecule has 0 radical (unpaired) electrons. The number of hydrogen-bond donors (Lipinski definition) is 2. The summed E-state index contributed by atoms with van der Waals surface area (Å²) in [6.45, 7) is 4.76. The van der Waals surface area contributed by atoms with E-state index in [0.29, 0.717) is 5.69 Å². The van der Waals surface area contributed by atoms with Crippen LogP contribution in [0.5, 0.6) is 0 Å². The SMILES string of the molecule is Cc1noc(C)c1S(=O)(=O)N(C)C(C)CC(N)=NO. The van der Waals surface area contributed by atoms with Gasteiger partial charge in [-0.25, -0.2) is 8.42 Å². The Kier molecular flexibility index (Phi) is 4.53. The molecule has 8 nitrogen and oxygen atoms in total. The Morgan fingerprint density at radius 1 is 1.58 bits per heavy atom. The van der Waals surface area contributed by atoms with Gasteiger partial charge in [-0.1, -0.05) is 10.3 Å². The summed E-state index contributed by atoms with van der Waals surface area (Å²) in [5.74, 6) is 0.202. The minimum Gasteiger partial charge on any atom is -0.409 e. The molecule has 1 atom stereocenters. The van der Waals surface area contributed by atoms with E-state index < -0.39 is 16.1 Å². The summed E-state index contributed by atoms with van der Waals surface area (Å²) in [6.07, 6.45) is 0.121. The number of rotatable bonds is 5. The molecule has 108 valence electrons. The molecule has 0 spiro atoms. The van der Waals surface area contributed by atoms with E-state index in [1.165, 1.54) is 14.0 Å². The van der Waals surface area contributed by atoms with Crippen molar-refractivity contribution in [3.63, 3.8) is 0 Å². The maximum atomic E-state index is 12.4. The zero-order valence-corrected chi connectivity index (χ0v) is 12.1. The Morgan fingerprint density at radius 2 is 2.16 bits per heavy atom. The summed E-state index contributed by atoms with van der Waals surface area (Å²) in [5, 5.41) is 15.0. The Balaban J connectivity index is 3.08. The van der Waals surface area contributed by atoms with Crippen LogP contribution in [0.1, 0.15) is 24.8 Å². The van der Waals surface area contributed by atoms with E-state index in [-0.39, 0.29) is 22.9 Å². The van der Waals surface area contributed by atoms with Crippen LogP contribution in [0, 0.1) is 13.8 Å². The highest BCUT2D eigenvalue weighted by atomic mass is 32.2. The zero-order valence-electron chi connectivity index (χ0n) is 11.3. The summed E-state index contributed by atoms with van der Waals surface area (Å²) >= 11 is 0. The highest BCUT2D eigenvalue weighted by Gasteiger charge is 2.31. The van der Waals surface area contributed by atoms with E-state index >= 15 is 0 Å². The lowest BCUT2D eigenvalue weighted by Crippen LogP contribution is -2.38. The Bertz CT molecular complexity index is 559. The molecule has 0 bridgehead atoms. The average molecular weight is 290 g/mol. The third-order valence-electron chi connectivity index (χ3n) is 2.86. The predicted molar refractivity (Wildman–Crippen MR) is 68.4 cm³/mol.